The average molecular weight is 280 g/mol. The van der Waals surface area contributed by atoms with Crippen LogP contribution in [0.2, 0.25) is 0 Å². The molecule has 0 saturated carbocycles. The van der Waals surface area contributed by atoms with E-state index in [1.54, 1.807) is 6.07 Å². The van der Waals surface area contributed by atoms with Crippen LogP contribution in [-0.2, 0) is 6.42 Å². The maximum Gasteiger partial charge on any atom is 0.372 e. The van der Waals surface area contributed by atoms with Crippen LogP contribution in [0.5, 0.6) is 0 Å². The first kappa shape index (κ1) is 16.8. The SMILES string of the molecule is CCCCCCCCCCCCc1ccoc1C(=O)O. The summed E-state index contributed by atoms with van der Waals surface area (Å²) in [6, 6.07) is 1.77. The van der Waals surface area contributed by atoms with Gasteiger partial charge in [-0.3, -0.25) is 0 Å². The van der Waals surface area contributed by atoms with Crippen LogP contribution in [-0.4, -0.2) is 11.1 Å². The summed E-state index contributed by atoms with van der Waals surface area (Å²) in [7, 11) is 0. The minimum Gasteiger partial charge on any atom is -0.475 e. The first-order valence-electron chi connectivity index (χ1n) is 8.05. The van der Waals surface area contributed by atoms with Crippen molar-refractivity contribution in [3.8, 4) is 0 Å². The second-order valence-electron chi connectivity index (χ2n) is 5.51. The van der Waals surface area contributed by atoms with E-state index in [0.717, 1.165) is 18.4 Å². The van der Waals surface area contributed by atoms with Crippen molar-refractivity contribution in [1.29, 1.82) is 0 Å². The van der Waals surface area contributed by atoms with Gasteiger partial charge >= 0.3 is 5.97 Å². The number of rotatable bonds is 12. The highest BCUT2D eigenvalue weighted by Gasteiger charge is 2.12. The Morgan fingerprint density at radius 1 is 1.00 bits per heavy atom. The minimum atomic E-state index is -0.961. The number of furan rings is 1. The lowest BCUT2D eigenvalue weighted by Crippen LogP contribution is -1.98. The average Bonchev–Trinajstić information content (AvgIpc) is 2.89. The Bertz CT molecular complexity index is 368. The standard InChI is InChI=1S/C17H28O3/c1-2-3-4-5-6-7-8-9-10-11-12-15-13-14-20-16(15)17(18)19/h13-14H,2-12H2,1H3,(H,18,19). The number of aromatic carboxylic acids is 1. The summed E-state index contributed by atoms with van der Waals surface area (Å²) < 4.78 is 4.97. The predicted octanol–water partition coefficient (Wildman–Crippen LogP) is 5.44. The van der Waals surface area contributed by atoms with Gasteiger partial charge in [0.25, 0.3) is 0 Å². The lowest BCUT2D eigenvalue weighted by Gasteiger charge is -2.02. The minimum absolute atomic E-state index is 0.112. The third-order valence-corrected chi connectivity index (χ3v) is 3.74. The number of carboxylic acid groups (broad SMARTS) is 1. The molecule has 3 nitrogen and oxygen atoms in total. The maximum absolute atomic E-state index is 10.9. The third kappa shape index (κ3) is 6.78. The molecular weight excluding hydrogens is 252 g/mol. The van der Waals surface area contributed by atoms with Gasteiger partial charge < -0.3 is 9.52 Å². The smallest absolute Gasteiger partial charge is 0.372 e. The molecule has 114 valence electrons. The monoisotopic (exact) mass is 280 g/mol. The summed E-state index contributed by atoms with van der Waals surface area (Å²) in [5, 5.41) is 8.92. The maximum atomic E-state index is 10.9. The Kier molecular flexibility index (Phi) is 8.84. The van der Waals surface area contributed by atoms with Crippen molar-refractivity contribution in [3.05, 3.63) is 23.7 Å². The third-order valence-electron chi connectivity index (χ3n) is 3.74. The van der Waals surface area contributed by atoms with Crippen molar-refractivity contribution in [3.63, 3.8) is 0 Å². The molecule has 1 aromatic rings. The Labute approximate surface area is 122 Å². The van der Waals surface area contributed by atoms with Gasteiger partial charge in [-0.05, 0) is 18.9 Å². The highest BCUT2D eigenvalue weighted by molar-refractivity contribution is 5.86. The highest BCUT2D eigenvalue weighted by Crippen LogP contribution is 2.16. The van der Waals surface area contributed by atoms with E-state index in [1.165, 1.54) is 64.1 Å². The molecule has 1 aromatic heterocycles. The number of carboxylic acids is 1. The van der Waals surface area contributed by atoms with E-state index < -0.39 is 5.97 Å². The van der Waals surface area contributed by atoms with Crippen molar-refractivity contribution >= 4 is 5.97 Å². The number of hydrogen-bond donors (Lipinski definition) is 1. The van der Waals surface area contributed by atoms with Crippen molar-refractivity contribution in [2.45, 2.75) is 77.6 Å². The predicted molar refractivity (Wildman–Crippen MR) is 81.2 cm³/mol. The molecule has 0 saturated heterocycles. The molecule has 1 heterocycles. The van der Waals surface area contributed by atoms with Gasteiger partial charge in [0.2, 0.25) is 5.76 Å². The fourth-order valence-corrected chi connectivity index (χ4v) is 2.52. The molecule has 0 fully saturated rings. The summed E-state index contributed by atoms with van der Waals surface area (Å²) >= 11 is 0. The van der Waals surface area contributed by atoms with Crippen LogP contribution in [0, 0.1) is 0 Å². The van der Waals surface area contributed by atoms with E-state index in [1.807, 2.05) is 0 Å². The number of aryl methyl sites for hydroxylation is 1. The lowest BCUT2D eigenvalue weighted by atomic mass is 10.0. The van der Waals surface area contributed by atoms with E-state index in [4.69, 9.17) is 9.52 Å². The van der Waals surface area contributed by atoms with Gasteiger partial charge in [0, 0.05) is 5.56 Å². The molecule has 0 unspecified atom stereocenters. The summed E-state index contributed by atoms with van der Waals surface area (Å²) in [5.41, 5.74) is 0.831. The molecule has 0 amide bonds. The fourth-order valence-electron chi connectivity index (χ4n) is 2.52. The van der Waals surface area contributed by atoms with E-state index in [2.05, 4.69) is 6.92 Å². The van der Waals surface area contributed by atoms with E-state index >= 15 is 0 Å². The Morgan fingerprint density at radius 3 is 2.10 bits per heavy atom. The van der Waals surface area contributed by atoms with Crippen LogP contribution >= 0.6 is 0 Å². The van der Waals surface area contributed by atoms with Crippen LogP contribution in [0.3, 0.4) is 0 Å². The van der Waals surface area contributed by atoms with E-state index in [9.17, 15) is 4.79 Å². The van der Waals surface area contributed by atoms with Crippen LogP contribution in [0.25, 0.3) is 0 Å². The van der Waals surface area contributed by atoms with Gasteiger partial charge in [-0.1, -0.05) is 64.7 Å². The molecular formula is C17H28O3. The molecule has 0 bridgehead atoms. The highest BCUT2D eigenvalue weighted by atomic mass is 16.4. The van der Waals surface area contributed by atoms with Crippen LogP contribution in [0.4, 0.5) is 0 Å². The van der Waals surface area contributed by atoms with Crippen LogP contribution in [0.15, 0.2) is 16.7 Å². The van der Waals surface area contributed by atoms with Crippen molar-refractivity contribution < 1.29 is 14.3 Å². The molecule has 0 radical (unpaired) electrons. The molecule has 1 rings (SSSR count). The van der Waals surface area contributed by atoms with Gasteiger partial charge in [0.15, 0.2) is 0 Å². The van der Waals surface area contributed by atoms with Crippen molar-refractivity contribution in [1.82, 2.24) is 0 Å². The van der Waals surface area contributed by atoms with E-state index in [0.29, 0.717) is 0 Å². The zero-order chi connectivity index (χ0) is 14.6. The molecule has 0 aliphatic rings. The first-order valence-corrected chi connectivity index (χ1v) is 8.05. The largest absolute Gasteiger partial charge is 0.475 e. The molecule has 0 atom stereocenters. The molecule has 0 spiro atoms. The van der Waals surface area contributed by atoms with Crippen LogP contribution in [0.1, 0.15) is 87.3 Å². The number of unbranched alkanes of at least 4 members (excludes halogenated alkanes) is 9. The molecule has 0 aliphatic heterocycles. The summed E-state index contributed by atoms with van der Waals surface area (Å²) in [4.78, 5) is 10.9. The Hall–Kier alpha value is -1.25. The van der Waals surface area contributed by atoms with E-state index in [-0.39, 0.29) is 5.76 Å². The molecule has 1 N–H and O–H groups in total. The molecule has 20 heavy (non-hydrogen) atoms. The normalized spacial score (nSPS) is 10.8. The Morgan fingerprint density at radius 2 is 1.55 bits per heavy atom. The van der Waals surface area contributed by atoms with Gasteiger partial charge in [0.1, 0.15) is 0 Å². The topological polar surface area (TPSA) is 50.4 Å². The quantitative estimate of drug-likeness (QED) is 0.518. The first-order chi connectivity index (χ1) is 9.75. The van der Waals surface area contributed by atoms with Crippen molar-refractivity contribution in [2.24, 2.45) is 0 Å². The lowest BCUT2D eigenvalue weighted by molar-refractivity contribution is 0.0660. The second kappa shape index (κ2) is 10.5. The summed E-state index contributed by atoms with van der Waals surface area (Å²) in [5.74, 6) is -0.849. The molecule has 0 aliphatic carbocycles. The molecule has 0 aromatic carbocycles. The van der Waals surface area contributed by atoms with Crippen molar-refractivity contribution in [2.75, 3.05) is 0 Å². The Balaban J connectivity index is 1.97. The van der Waals surface area contributed by atoms with Gasteiger partial charge in [-0.2, -0.15) is 0 Å². The molecule has 3 heteroatoms. The number of carbonyl (C=O) groups is 1. The second-order valence-corrected chi connectivity index (χ2v) is 5.51. The zero-order valence-corrected chi connectivity index (χ0v) is 12.7. The summed E-state index contributed by atoms with van der Waals surface area (Å²) in [6.45, 7) is 2.25. The summed E-state index contributed by atoms with van der Waals surface area (Å²) in [6.07, 6.45) is 15.2. The fraction of sp³-hybridized carbons (Fsp3) is 0.706. The van der Waals surface area contributed by atoms with Gasteiger partial charge in [0.05, 0.1) is 6.26 Å². The zero-order valence-electron chi connectivity index (χ0n) is 12.7. The van der Waals surface area contributed by atoms with Crippen LogP contribution < -0.4 is 0 Å². The van der Waals surface area contributed by atoms with Gasteiger partial charge in [-0.25, -0.2) is 4.79 Å². The van der Waals surface area contributed by atoms with Gasteiger partial charge in [-0.15, -0.1) is 0 Å². The number of hydrogen-bond acceptors (Lipinski definition) is 2.